The third kappa shape index (κ3) is 5.66. The van der Waals surface area contributed by atoms with Gasteiger partial charge in [-0.3, -0.25) is 0 Å². The molecule has 122 valence electrons. The first-order chi connectivity index (χ1) is 11.2. The number of carbonyl (C=O) groups is 1. The van der Waals surface area contributed by atoms with Crippen LogP contribution in [-0.4, -0.2) is 17.7 Å². The first kappa shape index (κ1) is 16.9. The van der Waals surface area contributed by atoms with Crippen LogP contribution in [0.3, 0.4) is 0 Å². The van der Waals surface area contributed by atoms with Crippen molar-refractivity contribution in [2.45, 2.75) is 32.6 Å². The fourth-order valence-electron chi connectivity index (χ4n) is 2.09. The highest BCUT2D eigenvalue weighted by atomic mass is 16.5. The van der Waals surface area contributed by atoms with Gasteiger partial charge in [-0.05, 0) is 55.0 Å². The third-order valence-corrected chi connectivity index (χ3v) is 3.40. The van der Waals surface area contributed by atoms with Crippen LogP contribution in [0.5, 0.6) is 17.2 Å². The Balaban J connectivity index is 1.83. The first-order valence-corrected chi connectivity index (χ1v) is 7.93. The Morgan fingerprint density at radius 3 is 2.22 bits per heavy atom. The molecule has 1 N–H and O–H groups in total. The van der Waals surface area contributed by atoms with E-state index in [0.29, 0.717) is 17.9 Å². The van der Waals surface area contributed by atoms with Crippen LogP contribution >= 0.6 is 0 Å². The lowest BCUT2D eigenvalue weighted by molar-refractivity contribution is 0.0734. The van der Waals surface area contributed by atoms with Gasteiger partial charge in [0.1, 0.15) is 17.2 Å². The first-order valence-electron chi connectivity index (χ1n) is 7.93. The highest BCUT2D eigenvalue weighted by Crippen LogP contribution is 2.18. The Labute approximate surface area is 136 Å². The summed E-state index contributed by atoms with van der Waals surface area (Å²) in [5, 5.41) is 9.20. The summed E-state index contributed by atoms with van der Waals surface area (Å²) >= 11 is 0. The number of rotatable bonds is 8. The number of hydrogen-bond acceptors (Lipinski definition) is 4. The maximum Gasteiger partial charge on any atom is 0.343 e. The SMILES string of the molecule is CCCCCCOc1ccc(C(=O)Oc2ccc(O)cc2)cc1. The highest BCUT2D eigenvalue weighted by Gasteiger charge is 2.08. The minimum absolute atomic E-state index is 0.130. The van der Waals surface area contributed by atoms with Gasteiger partial charge in [-0.25, -0.2) is 4.79 Å². The third-order valence-electron chi connectivity index (χ3n) is 3.40. The molecule has 4 nitrogen and oxygen atoms in total. The van der Waals surface area contributed by atoms with Crippen LogP contribution in [0.25, 0.3) is 0 Å². The van der Waals surface area contributed by atoms with Crippen LogP contribution in [-0.2, 0) is 0 Å². The van der Waals surface area contributed by atoms with Crippen molar-refractivity contribution in [2.24, 2.45) is 0 Å². The molecular weight excluding hydrogens is 292 g/mol. The van der Waals surface area contributed by atoms with Gasteiger partial charge in [0, 0.05) is 0 Å². The topological polar surface area (TPSA) is 55.8 Å². The van der Waals surface area contributed by atoms with Crippen LogP contribution in [0.4, 0.5) is 0 Å². The number of unbranched alkanes of at least 4 members (excludes halogenated alkanes) is 3. The number of ether oxygens (including phenoxy) is 2. The fraction of sp³-hybridized carbons (Fsp3) is 0.316. The van der Waals surface area contributed by atoms with E-state index in [1.165, 1.54) is 31.4 Å². The van der Waals surface area contributed by atoms with Gasteiger partial charge in [-0.2, -0.15) is 0 Å². The smallest absolute Gasteiger partial charge is 0.343 e. The van der Waals surface area contributed by atoms with Crippen LogP contribution < -0.4 is 9.47 Å². The molecule has 0 aliphatic rings. The predicted octanol–water partition coefficient (Wildman–Crippen LogP) is 4.57. The Kier molecular flexibility index (Phi) is 6.48. The lowest BCUT2D eigenvalue weighted by atomic mass is 10.2. The van der Waals surface area contributed by atoms with Crippen LogP contribution in [0.1, 0.15) is 43.0 Å². The summed E-state index contributed by atoms with van der Waals surface area (Å²) in [6, 6.07) is 12.9. The summed E-state index contributed by atoms with van der Waals surface area (Å²) in [6.07, 6.45) is 4.65. The molecule has 0 bridgehead atoms. The van der Waals surface area contributed by atoms with Gasteiger partial charge < -0.3 is 14.6 Å². The fourth-order valence-corrected chi connectivity index (χ4v) is 2.09. The second-order valence-corrected chi connectivity index (χ2v) is 5.32. The lowest BCUT2D eigenvalue weighted by Crippen LogP contribution is -2.08. The molecule has 2 rings (SSSR count). The molecular formula is C19H22O4. The molecule has 0 saturated heterocycles. The second-order valence-electron chi connectivity index (χ2n) is 5.32. The van der Waals surface area contributed by atoms with E-state index in [1.807, 2.05) is 0 Å². The largest absolute Gasteiger partial charge is 0.508 e. The van der Waals surface area contributed by atoms with Crippen molar-refractivity contribution in [3.63, 3.8) is 0 Å². The van der Waals surface area contributed by atoms with E-state index >= 15 is 0 Å². The standard InChI is InChI=1S/C19H22O4/c1-2-3-4-5-14-22-17-10-6-15(7-11-17)19(21)23-18-12-8-16(20)9-13-18/h6-13,20H,2-5,14H2,1H3. The van der Waals surface area contributed by atoms with E-state index in [-0.39, 0.29) is 5.75 Å². The number of benzene rings is 2. The second kappa shape index (κ2) is 8.83. The average Bonchev–Trinajstić information content (AvgIpc) is 2.57. The summed E-state index contributed by atoms with van der Waals surface area (Å²) in [5.74, 6) is 0.835. The molecule has 0 unspecified atom stereocenters. The lowest BCUT2D eigenvalue weighted by Gasteiger charge is -2.07. The molecule has 0 fully saturated rings. The zero-order chi connectivity index (χ0) is 16.5. The summed E-state index contributed by atoms with van der Waals surface area (Å²) in [5.41, 5.74) is 0.455. The van der Waals surface area contributed by atoms with E-state index in [2.05, 4.69) is 6.92 Å². The Hall–Kier alpha value is -2.49. The maximum atomic E-state index is 12.0. The number of aromatic hydroxyl groups is 1. The van der Waals surface area contributed by atoms with Crippen molar-refractivity contribution >= 4 is 5.97 Å². The zero-order valence-electron chi connectivity index (χ0n) is 13.3. The summed E-state index contributed by atoms with van der Waals surface area (Å²) in [6.45, 7) is 2.87. The monoisotopic (exact) mass is 314 g/mol. The van der Waals surface area contributed by atoms with Gasteiger partial charge in [-0.15, -0.1) is 0 Å². The Morgan fingerprint density at radius 2 is 1.57 bits per heavy atom. The van der Waals surface area contributed by atoms with Crippen LogP contribution in [0.15, 0.2) is 48.5 Å². The molecule has 0 aliphatic heterocycles. The average molecular weight is 314 g/mol. The minimum atomic E-state index is -0.440. The van der Waals surface area contributed by atoms with E-state index in [9.17, 15) is 9.90 Å². The van der Waals surface area contributed by atoms with Gasteiger partial charge in [0.05, 0.1) is 12.2 Å². The molecule has 2 aromatic rings. The molecule has 0 aromatic heterocycles. The molecule has 0 atom stereocenters. The normalized spacial score (nSPS) is 10.3. The molecule has 23 heavy (non-hydrogen) atoms. The van der Waals surface area contributed by atoms with E-state index in [1.54, 1.807) is 36.4 Å². The van der Waals surface area contributed by atoms with Gasteiger partial charge in [0.2, 0.25) is 0 Å². The Morgan fingerprint density at radius 1 is 0.913 bits per heavy atom. The van der Waals surface area contributed by atoms with Crippen molar-refractivity contribution < 1.29 is 19.4 Å². The maximum absolute atomic E-state index is 12.0. The predicted molar refractivity (Wildman–Crippen MR) is 89.1 cm³/mol. The van der Waals surface area contributed by atoms with Crippen LogP contribution in [0.2, 0.25) is 0 Å². The number of esters is 1. The van der Waals surface area contributed by atoms with Gasteiger partial charge >= 0.3 is 5.97 Å². The van der Waals surface area contributed by atoms with Crippen molar-refractivity contribution in [3.05, 3.63) is 54.1 Å². The Bertz CT molecular complexity index is 602. The van der Waals surface area contributed by atoms with Gasteiger partial charge in [-0.1, -0.05) is 26.2 Å². The number of phenolic OH excluding ortho intramolecular Hbond substituents is 1. The molecule has 0 spiro atoms. The molecule has 0 amide bonds. The number of hydrogen-bond donors (Lipinski definition) is 1. The highest BCUT2D eigenvalue weighted by molar-refractivity contribution is 5.91. The van der Waals surface area contributed by atoms with Crippen molar-refractivity contribution in [3.8, 4) is 17.2 Å². The summed E-state index contributed by atoms with van der Waals surface area (Å²) in [7, 11) is 0. The van der Waals surface area contributed by atoms with E-state index in [4.69, 9.17) is 9.47 Å². The quantitative estimate of drug-likeness (QED) is 0.440. The molecule has 0 saturated carbocycles. The molecule has 4 heteroatoms. The van der Waals surface area contributed by atoms with Crippen LogP contribution in [0, 0.1) is 0 Å². The number of phenols is 1. The molecule has 0 heterocycles. The van der Waals surface area contributed by atoms with Gasteiger partial charge in [0.25, 0.3) is 0 Å². The van der Waals surface area contributed by atoms with Gasteiger partial charge in [0.15, 0.2) is 0 Å². The van der Waals surface area contributed by atoms with Crippen molar-refractivity contribution in [1.29, 1.82) is 0 Å². The van der Waals surface area contributed by atoms with E-state index < -0.39 is 5.97 Å². The minimum Gasteiger partial charge on any atom is -0.508 e. The summed E-state index contributed by atoms with van der Waals surface area (Å²) < 4.78 is 10.9. The van der Waals surface area contributed by atoms with Crippen molar-refractivity contribution in [1.82, 2.24) is 0 Å². The van der Waals surface area contributed by atoms with Crippen molar-refractivity contribution in [2.75, 3.05) is 6.61 Å². The number of carbonyl (C=O) groups excluding carboxylic acids is 1. The molecule has 0 aliphatic carbocycles. The zero-order valence-corrected chi connectivity index (χ0v) is 13.3. The molecule has 2 aromatic carbocycles. The van der Waals surface area contributed by atoms with E-state index in [0.717, 1.165) is 12.2 Å². The molecule has 0 radical (unpaired) electrons. The summed E-state index contributed by atoms with van der Waals surface area (Å²) in [4.78, 5) is 12.0.